The number of nitrogens with zero attached hydrogens (tertiary/aromatic N) is 5. The maximum Gasteiger partial charge on any atom is 0.278 e. The summed E-state index contributed by atoms with van der Waals surface area (Å²) < 4.78 is 9.14. The third kappa shape index (κ3) is 3.56. The number of halogens is 1. The highest BCUT2D eigenvalue weighted by Crippen LogP contribution is 2.36. The third-order valence-electron chi connectivity index (χ3n) is 5.86. The summed E-state index contributed by atoms with van der Waals surface area (Å²) in [5.74, 6) is 0.411. The highest BCUT2D eigenvalue weighted by molar-refractivity contribution is 6.31. The number of fused-ring (bicyclic) bond motifs is 1. The van der Waals surface area contributed by atoms with Crippen molar-refractivity contribution in [3.63, 3.8) is 0 Å². The molecule has 2 aliphatic heterocycles. The van der Waals surface area contributed by atoms with Gasteiger partial charge >= 0.3 is 0 Å². The molecule has 2 unspecified atom stereocenters. The molecule has 0 saturated carbocycles. The minimum absolute atomic E-state index is 0.0189. The van der Waals surface area contributed by atoms with Gasteiger partial charge in [0.05, 0.1) is 25.1 Å². The van der Waals surface area contributed by atoms with Gasteiger partial charge in [-0.05, 0) is 35.6 Å². The first-order chi connectivity index (χ1) is 15.5. The molecule has 0 spiro atoms. The summed E-state index contributed by atoms with van der Waals surface area (Å²) in [6, 6.07) is 13.3. The molecule has 3 aromatic rings. The highest BCUT2D eigenvalue weighted by Gasteiger charge is 2.32. The molecule has 1 amide bonds. The molecule has 8 nitrogen and oxygen atoms in total. The summed E-state index contributed by atoms with van der Waals surface area (Å²) in [7, 11) is 3.49. The molecule has 162 valence electrons. The number of carbonyl (C=O) groups is 1. The Morgan fingerprint density at radius 2 is 2.09 bits per heavy atom. The Labute approximate surface area is 190 Å². The Kier molecular flexibility index (Phi) is 5.22. The van der Waals surface area contributed by atoms with E-state index in [1.54, 1.807) is 11.8 Å². The van der Waals surface area contributed by atoms with E-state index in [0.29, 0.717) is 28.6 Å². The Balaban J connectivity index is 1.37. The molecule has 0 saturated heterocycles. The van der Waals surface area contributed by atoms with E-state index in [1.807, 2.05) is 66.6 Å². The molecule has 9 heteroatoms. The number of methoxy groups -OCH3 is 1. The van der Waals surface area contributed by atoms with Crippen molar-refractivity contribution < 1.29 is 14.2 Å². The lowest BCUT2D eigenvalue weighted by Gasteiger charge is -2.13. The molecule has 2 aliphatic rings. The summed E-state index contributed by atoms with van der Waals surface area (Å²) in [5.41, 5.74) is 3.74. The molecular formula is C23H22ClN6O2+. The van der Waals surface area contributed by atoms with Gasteiger partial charge in [-0.1, -0.05) is 45.8 Å². The third-order valence-corrected chi connectivity index (χ3v) is 6.20. The number of benzene rings is 2. The van der Waals surface area contributed by atoms with E-state index in [2.05, 4.69) is 20.7 Å². The largest absolute Gasteiger partial charge is 0.496 e. The van der Waals surface area contributed by atoms with Crippen LogP contribution >= 0.6 is 11.6 Å². The van der Waals surface area contributed by atoms with Crippen molar-refractivity contribution in [1.82, 2.24) is 15.0 Å². The maximum atomic E-state index is 13.0. The Bertz CT molecular complexity index is 1270. The first-order valence-electron chi connectivity index (χ1n) is 10.3. The molecule has 1 N–H and O–H groups in total. The highest BCUT2D eigenvalue weighted by atomic mass is 35.5. The van der Waals surface area contributed by atoms with E-state index in [4.69, 9.17) is 16.3 Å². The van der Waals surface area contributed by atoms with Gasteiger partial charge in [0.25, 0.3) is 5.91 Å². The van der Waals surface area contributed by atoms with E-state index in [1.165, 1.54) is 0 Å². The predicted molar refractivity (Wildman–Crippen MR) is 122 cm³/mol. The van der Waals surface area contributed by atoms with Crippen molar-refractivity contribution in [2.45, 2.75) is 24.8 Å². The summed E-state index contributed by atoms with van der Waals surface area (Å²) in [4.78, 5) is 13.0. The fourth-order valence-corrected chi connectivity index (χ4v) is 4.56. The number of carbonyl (C=O) groups excluding carboxylic acids is 1. The van der Waals surface area contributed by atoms with Crippen molar-refractivity contribution in [2.24, 2.45) is 5.10 Å². The van der Waals surface area contributed by atoms with Crippen molar-refractivity contribution in [3.05, 3.63) is 70.0 Å². The van der Waals surface area contributed by atoms with Crippen LogP contribution in [0.4, 0.5) is 5.69 Å². The van der Waals surface area contributed by atoms with Crippen LogP contribution < -0.4 is 10.1 Å². The Hall–Kier alpha value is -3.52. The molecule has 3 heterocycles. The molecule has 2 atom stereocenters. The van der Waals surface area contributed by atoms with Gasteiger partial charge in [0, 0.05) is 22.3 Å². The number of rotatable bonds is 5. The molecule has 32 heavy (non-hydrogen) atoms. The molecule has 0 bridgehead atoms. The van der Waals surface area contributed by atoms with Gasteiger partial charge in [-0.3, -0.25) is 4.79 Å². The molecular weight excluding hydrogens is 428 g/mol. The van der Waals surface area contributed by atoms with Gasteiger partial charge in [-0.2, -0.15) is 0 Å². The van der Waals surface area contributed by atoms with Crippen LogP contribution in [0.5, 0.6) is 5.75 Å². The first kappa shape index (κ1) is 20.4. The summed E-state index contributed by atoms with van der Waals surface area (Å²) in [5, 5.41) is 16.3. The standard InChI is InChI=1S/C23H21ClN6O2/c1-29-13-14(12-25-29)16-8-7-15(11-21(16)32-2)26-23(31)22-20-10-9-19(30(20)28-27-22)17-5-3-4-6-18(17)24/h3-8,11-14,19H,9-10H2,1-2H3/p+1. The van der Waals surface area contributed by atoms with Gasteiger partial charge in [0.1, 0.15) is 11.7 Å². The second-order valence-corrected chi connectivity index (χ2v) is 8.24. The fourth-order valence-electron chi connectivity index (χ4n) is 4.30. The van der Waals surface area contributed by atoms with Crippen LogP contribution in [0, 0.1) is 0 Å². The molecule has 0 fully saturated rings. The van der Waals surface area contributed by atoms with E-state index in [0.717, 1.165) is 23.2 Å². The molecule has 1 aromatic heterocycles. The summed E-state index contributed by atoms with van der Waals surface area (Å²) in [6.45, 7) is 0. The zero-order chi connectivity index (χ0) is 22.2. The zero-order valence-corrected chi connectivity index (χ0v) is 18.5. The number of amides is 1. The second-order valence-electron chi connectivity index (χ2n) is 7.83. The number of anilines is 1. The number of ether oxygens (including phenoxy) is 1. The minimum atomic E-state index is -0.297. The van der Waals surface area contributed by atoms with Crippen LogP contribution in [0.25, 0.3) is 0 Å². The maximum absolute atomic E-state index is 13.0. The molecule has 5 rings (SSSR count). The number of nitrogens with one attached hydrogen (secondary N) is 1. The first-order valence-corrected chi connectivity index (χ1v) is 10.7. The predicted octanol–water partition coefficient (Wildman–Crippen LogP) is 3.52. The molecule has 0 radical (unpaired) electrons. The van der Waals surface area contributed by atoms with Crippen LogP contribution in [-0.4, -0.2) is 52.2 Å². The van der Waals surface area contributed by atoms with Crippen LogP contribution in [0.15, 0.2) is 47.6 Å². The van der Waals surface area contributed by atoms with Crippen LogP contribution in [0.2, 0.25) is 5.02 Å². The van der Waals surface area contributed by atoms with Crippen LogP contribution in [0.3, 0.4) is 0 Å². The normalized spacial score (nSPS) is 19.0. The SMILES string of the molecule is COc1cc(NC(=O)c2nnn3c2CCC3c2ccccc2Cl)ccc1C1C=N[N+](C)=C1. The van der Waals surface area contributed by atoms with E-state index >= 15 is 0 Å². The number of hydrazone groups is 1. The monoisotopic (exact) mass is 449 g/mol. The van der Waals surface area contributed by atoms with Crippen LogP contribution in [0.1, 0.15) is 45.7 Å². The van der Waals surface area contributed by atoms with Crippen molar-refractivity contribution in [1.29, 1.82) is 0 Å². The molecule has 2 aromatic carbocycles. The van der Waals surface area contributed by atoms with Gasteiger partial charge in [0.2, 0.25) is 0 Å². The lowest BCUT2D eigenvalue weighted by atomic mass is 10.0. The second kappa shape index (κ2) is 8.20. The average molecular weight is 450 g/mol. The van der Waals surface area contributed by atoms with Gasteiger partial charge in [-0.15, -0.1) is 5.10 Å². The van der Waals surface area contributed by atoms with Gasteiger partial charge < -0.3 is 10.1 Å². The van der Waals surface area contributed by atoms with E-state index in [9.17, 15) is 4.79 Å². The average Bonchev–Trinajstić information content (AvgIpc) is 3.50. The lowest BCUT2D eigenvalue weighted by Crippen LogP contribution is -2.15. The van der Waals surface area contributed by atoms with E-state index < -0.39 is 0 Å². The smallest absolute Gasteiger partial charge is 0.278 e. The quantitative estimate of drug-likeness (QED) is 0.604. The number of aromatic nitrogens is 3. The number of hydrogen-bond donors (Lipinski definition) is 1. The summed E-state index contributed by atoms with van der Waals surface area (Å²) in [6.07, 6.45) is 5.38. The Morgan fingerprint density at radius 3 is 2.84 bits per heavy atom. The van der Waals surface area contributed by atoms with Crippen molar-refractivity contribution >= 4 is 35.6 Å². The van der Waals surface area contributed by atoms with Crippen molar-refractivity contribution in [2.75, 3.05) is 19.5 Å². The van der Waals surface area contributed by atoms with Gasteiger partial charge in [0.15, 0.2) is 19.0 Å². The Morgan fingerprint density at radius 1 is 1.25 bits per heavy atom. The zero-order valence-electron chi connectivity index (χ0n) is 17.7. The molecule has 0 aliphatic carbocycles. The minimum Gasteiger partial charge on any atom is -0.496 e. The fraction of sp³-hybridized carbons (Fsp3) is 0.261. The lowest BCUT2D eigenvalue weighted by molar-refractivity contribution is -0.494. The van der Waals surface area contributed by atoms with Crippen LogP contribution in [-0.2, 0) is 6.42 Å². The summed E-state index contributed by atoms with van der Waals surface area (Å²) >= 11 is 6.38. The number of hydrogen-bond acceptors (Lipinski definition) is 5. The van der Waals surface area contributed by atoms with Crippen molar-refractivity contribution in [3.8, 4) is 5.75 Å². The van der Waals surface area contributed by atoms with E-state index in [-0.39, 0.29) is 17.9 Å². The topological polar surface area (TPSA) is 84.4 Å². The van der Waals surface area contributed by atoms with Gasteiger partial charge in [-0.25, -0.2) is 4.68 Å².